The smallest absolute Gasteiger partial charge is 0.294 e. The van der Waals surface area contributed by atoms with Crippen LogP contribution in [0.2, 0.25) is 0 Å². The fourth-order valence-corrected chi connectivity index (χ4v) is 2.55. The van der Waals surface area contributed by atoms with Crippen LogP contribution in [0.5, 0.6) is 5.75 Å². The number of nitrogen functional groups attached to an aromatic ring is 1. The van der Waals surface area contributed by atoms with E-state index >= 15 is 0 Å². The van der Waals surface area contributed by atoms with E-state index < -0.39 is 5.91 Å². The lowest BCUT2D eigenvalue weighted by molar-refractivity contribution is 0.0950. The number of nitrogens with zero attached hydrogens (tertiary/aromatic N) is 6. The number of anilines is 1. The normalized spacial score (nSPS) is 11.0. The minimum atomic E-state index is -0.583. The molecule has 0 bridgehead atoms. The third-order valence-corrected chi connectivity index (χ3v) is 3.90. The van der Waals surface area contributed by atoms with Gasteiger partial charge in [-0.3, -0.25) is 4.79 Å². The Morgan fingerprint density at radius 2 is 1.90 bits per heavy atom. The molecular formula is C18H14N8O3. The van der Waals surface area contributed by atoms with Crippen LogP contribution in [0.15, 0.2) is 64.3 Å². The first kappa shape index (κ1) is 17.9. The molecule has 2 aromatic heterocycles. The second-order valence-corrected chi connectivity index (χ2v) is 5.83. The van der Waals surface area contributed by atoms with Gasteiger partial charge in [0.25, 0.3) is 5.91 Å². The summed E-state index contributed by atoms with van der Waals surface area (Å²) >= 11 is 0. The molecule has 4 rings (SSSR count). The average molecular weight is 390 g/mol. The molecule has 0 atom stereocenters. The maximum absolute atomic E-state index is 12.7. The van der Waals surface area contributed by atoms with Crippen LogP contribution in [0.3, 0.4) is 0 Å². The minimum absolute atomic E-state index is 0.00407. The van der Waals surface area contributed by atoms with E-state index in [-0.39, 0.29) is 23.1 Å². The maximum atomic E-state index is 12.7. The van der Waals surface area contributed by atoms with Crippen LogP contribution in [0.4, 0.5) is 5.82 Å². The van der Waals surface area contributed by atoms with Gasteiger partial charge in [-0.1, -0.05) is 35.5 Å². The number of phenolic OH excluding ortho intramolecular Hbond substituents is 1. The van der Waals surface area contributed by atoms with Crippen molar-refractivity contribution < 1.29 is 14.5 Å². The topological polar surface area (TPSA) is 157 Å². The van der Waals surface area contributed by atoms with E-state index in [0.29, 0.717) is 16.8 Å². The van der Waals surface area contributed by atoms with Gasteiger partial charge in [-0.05, 0) is 40.1 Å². The fourth-order valence-electron chi connectivity index (χ4n) is 2.55. The average Bonchev–Trinajstić information content (AvgIpc) is 3.36. The highest BCUT2D eigenvalue weighted by atomic mass is 16.6. The van der Waals surface area contributed by atoms with E-state index in [1.165, 1.54) is 23.0 Å². The summed E-state index contributed by atoms with van der Waals surface area (Å²) in [5.41, 5.74) is 9.89. The number of nitrogens with one attached hydrogen (secondary N) is 1. The number of carbonyl (C=O) groups is 1. The Morgan fingerprint density at radius 1 is 1.14 bits per heavy atom. The molecule has 29 heavy (non-hydrogen) atoms. The van der Waals surface area contributed by atoms with Crippen molar-refractivity contribution in [1.29, 1.82) is 0 Å². The van der Waals surface area contributed by atoms with Gasteiger partial charge in [0.1, 0.15) is 11.4 Å². The quantitative estimate of drug-likeness (QED) is 0.340. The van der Waals surface area contributed by atoms with Gasteiger partial charge in [0.2, 0.25) is 11.6 Å². The Labute approximate surface area is 163 Å². The van der Waals surface area contributed by atoms with Crippen LogP contribution in [-0.4, -0.2) is 42.5 Å². The minimum Gasteiger partial charge on any atom is -0.508 e. The third-order valence-electron chi connectivity index (χ3n) is 3.90. The first-order valence-corrected chi connectivity index (χ1v) is 8.35. The molecule has 11 heteroatoms. The molecule has 0 unspecified atom stereocenters. The second-order valence-electron chi connectivity index (χ2n) is 5.83. The van der Waals surface area contributed by atoms with Gasteiger partial charge in [-0.25, -0.2) is 10.1 Å². The highest BCUT2D eigenvalue weighted by molar-refractivity contribution is 5.98. The molecule has 2 heterocycles. The highest BCUT2D eigenvalue weighted by Crippen LogP contribution is 2.26. The van der Waals surface area contributed by atoms with E-state index in [1.54, 1.807) is 24.3 Å². The van der Waals surface area contributed by atoms with E-state index in [2.05, 4.69) is 35.8 Å². The van der Waals surface area contributed by atoms with Gasteiger partial charge in [0.05, 0.1) is 6.21 Å². The molecule has 0 aliphatic rings. The SMILES string of the molecule is Nc1nonc1-n1nnc(C(=O)N/N=C\c2ccc(O)cc2)c1-c1ccccc1. The zero-order chi connectivity index (χ0) is 20.2. The Hall–Kier alpha value is -4.54. The number of hydrogen-bond acceptors (Lipinski definition) is 9. The van der Waals surface area contributed by atoms with Crippen molar-refractivity contribution in [3.05, 3.63) is 65.9 Å². The summed E-state index contributed by atoms with van der Waals surface area (Å²) in [5.74, 6) is -0.329. The van der Waals surface area contributed by atoms with Gasteiger partial charge in [0, 0.05) is 5.56 Å². The van der Waals surface area contributed by atoms with Gasteiger partial charge in [-0.15, -0.1) is 5.10 Å². The van der Waals surface area contributed by atoms with Crippen LogP contribution in [0.25, 0.3) is 17.1 Å². The summed E-state index contributed by atoms with van der Waals surface area (Å²) in [4.78, 5) is 12.7. The Bertz CT molecular complexity index is 1170. The first-order chi connectivity index (χ1) is 14.1. The van der Waals surface area contributed by atoms with Crippen molar-refractivity contribution in [2.24, 2.45) is 5.10 Å². The number of hydrazone groups is 1. The van der Waals surface area contributed by atoms with Crippen LogP contribution < -0.4 is 11.2 Å². The molecule has 0 fully saturated rings. The molecule has 0 saturated heterocycles. The number of nitrogens with two attached hydrogens (primary N) is 1. The molecule has 4 N–H and O–H groups in total. The number of aromatic nitrogens is 5. The van der Waals surface area contributed by atoms with Crippen LogP contribution in [0, 0.1) is 0 Å². The molecule has 144 valence electrons. The van der Waals surface area contributed by atoms with Crippen molar-refractivity contribution >= 4 is 17.9 Å². The second kappa shape index (κ2) is 7.60. The molecule has 0 spiro atoms. The van der Waals surface area contributed by atoms with Crippen LogP contribution in [-0.2, 0) is 0 Å². The Morgan fingerprint density at radius 3 is 2.59 bits per heavy atom. The number of benzene rings is 2. The molecule has 0 radical (unpaired) electrons. The predicted octanol–water partition coefficient (Wildman–Crippen LogP) is 1.37. The molecule has 11 nitrogen and oxygen atoms in total. The van der Waals surface area contributed by atoms with E-state index in [0.717, 1.165) is 0 Å². The molecule has 0 saturated carbocycles. The summed E-state index contributed by atoms with van der Waals surface area (Å²) in [6.07, 6.45) is 1.43. The number of aromatic hydroxyl groups is 1. The van der Waals surface area contributed by atoms with Crippen molar-refractivity contribution in [1.82, 2.24) is 30.7 Å². The lowest BCUT2D eigenvalue weighted by Gasteiger charge is -2.05. The molecular weight excluding hydrogens is 376 g/mol. The highest BCUT2D eigenvalue weighted by Gasteiger charge is 2.24. The number of rotatable bonds is 5. The lowest BCUT2D eigenvalue weighted by Crippen LogP contribution is -2.19. The molecule has 2 aromatic carbocycles. The first-order valence-electron chi connectivity index (χ1n) is 8.35. The largest absolute Gasteiger partial charge is 0.508 e. The van der Waals surface area contributed by atoms with Crippen molar-refractivity contribution in [2.75, 3.05) is 5.73 Å². The third kappa shape index (κ3) is 3.64. The van der Waals surface area contributed by atoms with Crippen molar-refractivity contribution in [3.8, 4) is 22.8 Å². The van der Waals surface area contributed by atoms with Gasteiger partial charge in [0.15, 0.2) is 5.69 Å². The van der Waals surface area contributed by atoms with Gasteiger partial charge in [-0.2, -0.15) is 9.78 Å². The summed E-state index contributed by atoms with van der Waals surface area (Å²) in [7, 11) is 0. The van der Waals surface area contributed by atoms with Crippen molar-refractivity contribution in [3.63, 3.8) is 0 Å². The number of phenols is 1. The van der Waals surface area contributed by atoms with E-state index in [9.17, 15) is 9.90 Å². The zero-order valence-corrected chi connectivity index (χ0v) is 14.8. The summed E-state index contributed by atoms with van der Waals surface area (Å²) < 4.78 is 5.90. The van der Waals surface area contributed by atoms with Crippen molar-refractivity contribution in [2.45, 2.75) is 0 Å². The van der Waals surface area contributed by atoms with Crippen LogP contribution in [0.1, 0.15) is 16.1 Å². The molecule has 1 amide bonds. The lowest BCUT2D eigenvalue weighted by atomic mass is 10.1. The Balaban J connectivity index is 1.66. The van der Waals surface area contributed by atoms with Gasteiger partial charge >= 0.3 is 0 Å². The number of hydrogen-bond donors (Lipinski definition) is 3. The zero-order valence-electron chi connectivity index (χ0n) is 14.8. The molecule has 0 aliphatic carbocycles. The molecule has 0 aliphatic heterocycles. The maximum Gasteiger partial charge on any atom is 0.294 e. The molecule has 4 aromatic rings. The summed E-state index contributed by atoms with van der Waals surface area (Å²) in [5, 5.41) is 28.4. The summed E-state index contributed by atoms with van der Waals surface area (Å²) in [6, 6.07) is 15.4. The van der Waals surface area contributed by atoms with Gasteiger partial charge < -0.3 is 10.8 Å². The summed E-state index contributed by atoms with van der Waals surface area (Å²) in [6.45, 7) is 0. The monoisotopic (exact) mass is 390 g/mol. The number of amides is 1. The fraction of sp³-hybridized carbons (Fsp3) is 0. The number of carbonyl (C=O) groups excluding carboxylic acids is 1. The van der Waals surface area contributed by atoms with E-state index in [1.807, 2.05) is 18.2 Å². The van der Waals surface area contributed by atoms with Crippen LogP contribution >= 0.6 is 0 Å². The standard InChI is InChI=1S/C18H14N8O3/c19-16-17(24-29-23-16)26-15(12-4-2-1-3-5-12)14(21-25-26)18(28)22-20-10-11-6-8-13(27)9-7-11/h1-10,27H,(H2,19,23)(H,22,28)/b20-10-. The van der Waals surface area contributed by atoms with E-state index in [4.69, 9.17) is 5.73 Å². The predicted molar refractivity (Wildman–Crippen MR) is 102 cm³/mol. The Kier molecular flexibility index (Phi) is 4.68.